The quantitative estimate of drug-likeness (QED) is 0.595. The van der Waals surface area contributed by atoms with Crippen molar-refractivity contribution in [2.45, 2.75) is 24.8 Å². The number of hydrogen-bond acceptors (Lipinski definition) is 3. The van der Waals surface area contributed by atoms with Crippen LogP contribution in [0.4, 0.5) is 0 Å². The van der Waals surface area contributed by atoms with Gasteiger partial charge in [-0.1, -0.05) is 0 Å². The van der Waals surface area contributed by atoms with Crippen LogP contribution < -0.4 is 11.1 Å². The zero-order valence-electron chi connectivity index (χ0n) is 7.88. The minimum absolute atomic E-state index is 0.201. The van der Waals surface area contributed by atoms with Crippen molar-refractivity contribution < 1.29 is 4.79 Å². The van der Waals surface area contributed by atoms with Gasteiger partial charge in [0.2, 0.25) is 5.91 Å². The first kappa shape index (κ1) is 8.97. The number of carbonyl (C=O) groups is 1. The molecular weight excluding hydrogens is 166 g/mol. The molecule has 0 aliphatic carbocycles. The summed E-state index contributed by atoms with van der Waals surface area (Å²) in [4.78, 5) is 13.1. The van der Waals surface area contributed by atoms with Crippen LogP contribution in [0.3, 0.4) is 0 Å². The number of carbonyl (C=O) groups excluding carboxylic acids is 1. The van der Waals surface area contributed by atoms with E-state index in [9.17, 15) is 4.79 Å². The van der Waals surface area contributed by atoms with Crippen molar-refractivity contribution >= 4 is 5.91 Å². The van der Waals surface area contributed by atoms with Crippen molar-refractivity contribution in [1.82, 2.24) is 10.2 Å². The molecule has 3 N–H and O–H groups in total. The van der Waals surface area contributed by atoms with Crippen LogP contribution in [0.2, 0.25) is 0 Å². The minimum atomic E-state index is -0.201. The van der Waals surface area contributed by atoms with E-state index >= 15 is 0 Å². The molecule has 0 aromatic carbocycles. The number of likely N-dealkylation sites (tertiary alicyclic amines) is 1. The molecule has 1 amide bonds. The summed E-state index contributed by atoms with van der Waals surface area (Å²) >= 11 is 0. The predicted octanol–water partition coefficient (Wildman–Crippen LogP) is -0.700. The lowest BCUT2D eigenvalue weighted by Crippen LogP contribution is -2.48. The highest BCUT2D eigenvalue weighted by molar-refractivity contribution is 5.76. The van der Waals surface area contributed by atoms with Crippen molar-refractivity contribution in [3.63, 3.8) is 0 Å². The molecule has 2 rings (SSSR count). The van der Waals surface area contributed by atoms with Gasteiger partial charge < -0.3 is 11.1 Å². The SMILES string of the molecule is NC(=O)CN1CCC[C@]12CCNC2. The fraction of sp³-hybridized carbons (Fsp3) is 0.889. The summed E-state index contributed by atoms with van der Waals surface area (Å²) in [5.41, 5.74) is 5.48. The number of primary amides is 1. The van der Waals surface area contributed by atoms with Crippen molar-refractivity contribution in [1.29, 1.82) is 0 Å². The van der Waals surface area contributed by atoms with Crippen LogP contribution in [0.15, 0.2) is 0 Å². The van der Waals surface area contributed by atoms with Crippen molar-refractivity contribution in [2.75, 3.05) is 26.2 Å². The van der Waals surface area contributed by atoms with Crippen molar-refractivity contribution in [3.05, 3.63) is 0 Å². The van der Waals surface area contributed by atoms with E-state index in [-0.39, 0.29) is 11.4 Å². The Hall–Kier alpha value is -0.610. The molecule has 4 heteroatoms. The van der Waals surface area contributed by atoms with E-state index in [1.54, 1.807) is 0 Å². The monoisotopic (exact) mass is 183 g/mol. The molecule has 0 bridgehead atoms. The summed E-state index contributed by atoms with van der Waals surface area (Å²) in [5.74, 6) is -0.201. The van der Waals surface area contributed by atoms with E-state index < -0.39 is 0 Å². The Morgan fingerprint density at radius 2 is 2.38 bits per heavy atom. The molecule has 2 heterocycles. The Morgan fingerprint density at radius 3 is 3.00 bits per heavy atom. The number of nitrogens with two attached hydrogens (primary N) is 1. The fourth-order valence-electron chi connectivity index (χ4n) is 2.64. The second kappa shape index (κ2) is 3.27. The van der Waals surface area contributed by atoms with Gasteiger partial charge in [0, 0.05) is 12.1 Å². The van der Waals surface area contributed by atoms with E-state index in [1.807, 2.05) is 0 Å². The lowest BCUT2D eigenvalue weighted by atomic mass is 9.95. The van der Waals surface area contributed by atoms with Gasteiger partial charge in [-0.05, 0) is 32.4 Å². The lowest BCUT2D eigenvalue weighted by Gasteiger charge is -2.33. The summed E-state index contributed by atoms with van der Waals surface area (Å²) < 4.78 is 0. The second-order valence-electron chi connectivity index (χ2n) is 4.14. The predicted molar refractivity (Wildman–Crippen MR) is 50.2 cm³/mol. The maximum absolute atomic E-state index is 10.9. The van der Waals surface area contributed by atoms with Gasteiger partial charge >= 0.3 is 0 Å². The van der Waals surface area contributed by atoms with Crippen LogP contribution in [0.25, 0.3) is 0 Å². The third-order valence-corrected chi connectivity index (χ3v) is 3.31. The van der Waals surface area contributed by atoms with Crippen LogP contribution >= 0.6 is 0 Å². The van der Waals surface area contributed by atoms with Gasteiger partial charge in [0.15, 0.2) is 0 Å². The Labute approximate surface area is 78.5 Å². The van der Waals surface area contributed by atoms with E-state index in [0.717, 1.165) is 19.6 Å². The van der Waals surface area contributed by atoms with Crippen LogP contribution in [-0.2, 0) is 4.79 Å². The Bertz CT molecular complexity index is 205. The van der Waals surface area contributed by atoms with Gasteiger partial charge in [-0.25, -0.2) is 0 Å². The number of rotatable bonds is 2. The zero-order chi connectivity index (χ0) is 9.31. The smallest absolute Gasteiger partial charge is 0.231 e. The first-order valence-corrected chi connectivity index (χ1v) is 4.97. The molecule has 2 saturated heterocycles. The molecule has 0 radical (unpaired) electrons. The Morgan fingerprint density at radius 1 is 1.54 bits per heavy atom. The standard InChI is InChI=1S/C9H17N3O/c10-8(13)6-12-5-1-2-9(12)3-4-11-7-9/h11H,1-7H2,(H2,10,13)/t9-/m1/s1. The summed E-state index contributed by atoms with van der Waals surface area (Å²) in [6.07, 6.45) is 3.59. The number of amides is 1. The number of nitrogens with zero attached hydrogens (tertiary/aromatic N) is 1. The molecule has 1 atom stereocenters. The highest BCUT2D eigenvalue weighted by atomic mass is 16.1. The van der Waals surface area contributed by atoms with Gasteiger partial charge in [-0.3, -0.25) is 9.69 Å². The molecule has 4 nitrogen and oxygen atoms in total. The average molecular weight is 183 g/mol. The normalized spacial score (nSPS) is 34.5. The molecule has 0 saturated carbocycles. The maximum atomic E-state index is 10.9. The molecule has 0 unspecified atom stereocenters. The van der Waals surface area contributed by atoms with E-state index in [4.69, 9.17) is 5.73 Å². The summed E-state index contributed by atoms with van der Waals surface area (Å²) in [5, 5.41) is 3.36. The van der Waals surface area contributed by atoms with E-state index in [2.05, 4.69) is 10.2 Å². The van der Waals surface area contributed by atoms with Crippen LogP contribution in [0.1, 0.15) is 19.3 Å². The largest absolute Gasteiger partial charge is 0.369 e. The van der Waals surface area contributed by atoms with Gasteiger partial charge in [-0.2, -0.15) is 0 Å². The maximum Gasteiger partial charge on any atom is 0.231 e. The molecule has 74 valence electrons. The summed E-state index contributed by atoms with van der Waals surface area (Å²) in [7, 11) is 0. The summed E-state index contributed by atoms with van der Waals surface area (Å²) in [6, 6.07) is 0. The Kier molecular flexibility index (Phi) is 2.26. The number of nitrogens with one attached hydrogen (secondary N) is 1. The fourth-order valence-corrected chi connectivity index (χ4v) is 2.64. The molecule has 0 aromatic heterocycles. The van der Waals surface area contributed by atoms with Crippen molar-refractivity contribution in [2.24, 2.45) is 5.73 Å². The van der Waals surface area contributed by atoms with Gasteiger partial charge in [0.1, 0.15) is 0 Å². The van der Waals surface area contributed by atoms with Crippen LogP contribution in [0, 0.1) is 0 Å². The van der Waals surface area contributed by atoms with Gasteiger partial charge in [-0.15, -0.1) is 0 Å². The zero-order valence-corrected chi connectivity index (χ0v) is 7.88. The molecule has 2 aliphatic rings. The molecule has 2 fully saturated rings. The first-order valence-electron chi connectivity index (χ1n) is 4.97. The lowest BCUT2D eigenvalue weighted by molar-refractivity contribution is -0.120. The van der Waals surface area contributed by atoms with Gasteiger partial charge in [0.05, 0.1) is 6.54 Å². The average Bonchev–Trinajstić information content (AvgIpc) is 2.64. The molecule has 13 heavy (non-hydrogen) atoms. The highest BCUT2D eigenvalue weighted by Gasteiger charge is 2.43. The topological polar surface area (TPSA) is 58.4 Å². The molecular formula is C9H17N3O. The third-order valence-electron chi connectivity index (χ3n) is 3.31. The van der Waals surface area contributed by atoms with E-state index in [1.165, 1.54) is 19.3 Å². The molecule has 0 aromatic rings. The molecule has 2 aliphatic heterocycles. The second-order valence-corrected chi connectivity index (χ2v) is 4.14. The van der Waals surface area contributed by atoms with Crippen molar-refractivity contribution in [3.8, 4) is 0 Å². The Balaban J connectivity index is 2.04. The van der Waals surface area contributed by atoms with Crippen LogP contribution in [-0.4, -0.2) is 42.5 Å². The first-order chi connectivity index (χ1) is 6.23. The molecule has 1 spiro atoms. The van der Waals surface area contributed by atoms with E-state index in [0.29, 0.717) is 6.54 Å². The minimum Gasteiger partial charge on any atom is -0.369 e. The van der Waals surface area contributed by atoms with Crippen LogP contribution in [0.5, 0.6) is 0 Å². The van der Waals surface area contributed by atoms with Gasteiger partial charge in [0.25, 0.3) is 0 Å². The third kappa shape index (κ3) is 1.56. The number of hydrogen-bond donors (Lipinski definition) is 2. The highest BCUT2D eigenvalue weighted by Crippen LogP contribution is 2.33. The summed E-state index contributed by atoms with van der Waals surface area (Å²) in [6.45, 7) is 3.57.